The predicted molar refractivity (Wildman–Crippen MR) is 132 cm³/mol. The number of methoxy groups -OCH3 is 1. The van der Waals surface area contributed by atoms with E-state index in [2.05, 4.69) is 4.98 Å². The normalized spacial score (nSPS) is 32.5. The number of thiazole rings is 1. The first-order valence-corrected chi connectivity index (χ1v) is 13.4. The molecule has 2 amide bonds. The van der Waals surface area contributed by atoms with Gasteiger partial charge in [0.05, 0.1) is 29.7 Å². The SMILES string of the molecule is COc1cc([C@H]2c3sc(=O)[nH]c3S[C@@H]3[C@@H]4C[C@H]([C@H]5C(=O)N(c6ccccc6)C(=O)[C@H]45)[C@H]23)ccc1O. The maximum atomic E-state index is 13.7. The van der Waals surface area contributed by atoms with Gasteiger partial charge in [-0.25, -0.2) is 0 Å². The lowest BCUT2D eigenvalue weighted by atomic mass is 9.68. The van der Waals surface area contributed by atoms with Gasteiger partial charge in [-0.2, -0.15) is 0 Å². The van der Waals surface area contributed by atoms with Gasteiger partial charge in [-0.3, -0.25) is 19.3 Å². The molecule has 2 N–H and O–H groups in total. The molecule has 3 aromatic rings. The number of rotatable bonds is 3. The van der Waals surface area contributed by atoms with Gasteiger partial charge >= 0.3 is 4.87 Å². The molecule has 4 aliphatic rings. The number of hydrogen-bond donors (Lipinski definition) is 2. The number of fused-ring (bicyclic) bond motifs is 9. The highest BCUT2D eigenvalue weighted by molar-refractivity contribution is 8.00. The summed E-state index contributed by atoms with van der Waals surface area (Å²) in [7, 11) is 1.52. The highest BCUT2D eigenvalue weighted by atomic mass is 32.2. The highest BCUT2D eigenvalue weighted by Gasteiger charge is 2.69. The number of anilines is 1. The average Bonchev–Trinajstić information content (AvgIpc) is 3.59. The van der Waals surface area contributed by atoms with Crippen molar-refractivity contribution in [1.82, 2.24) is 4.98 Å². The Morgan fingerprint density at radius 1 is 1.03 bits per heavy atom. The molecule has 1 saturated heterocycles. The summed E-state index contributed by atoms with van der Waals surface area (Å²) in [6.07, 6.45) is 0.836. The molecule has 1 aromatic heterocycles. The van der Waals surface area contributed by atoms with Crippen molar-refractivity contribution in [1.29, 1.82) is 0 Å². The molecular weight excluding hydrogens is 484 g/mol. The summed E-state index contributed by atoms with van der Waals surface area (Å²) in [5, 5.41) is 11.2. The third-order valence-electron chi connectivity index (χ3n) is 8.30. The molecule has 0 radical (unpaired) electrons. The summed E-state index contributed by atoms with van der Waals surface area (Å²) >= 11 is 2.88. The smallest absolute Gasteiger partial charge is 0.305 e. The molecule has 0 spiro atoms. The van der Waals surface area contributed by atoms with E-state index in [4.69, 9.17) is 4.74 Å². The number of benzene rings is 2. The van der Waals surface area contributed by atoms with Crippen molar-refractivity contribution in [3.8, 4) is 11.5 Å². The molecule has 35 heavy (non-hydrogen) atoms. The zero-order valence-electron chi connectivity index (χ0n) is 18.7. The van der Waals surface area contributed by atoms with Crippen molar-refractivity contribution >= 4 is 40.6 Å². The molecule has 0 unspecified atom stereocenters. The Morgan fingerprint density at radius 3 is 2.51 bits per heavy atom. The second-order valence-electron chi connectivity index (χ2n) is 9.74. The van der Waals surface area contributed by atoms with Crippen LogP contribution in [0.2, 0.25) is 0 Å². The van der Waals surface area contributed by atoms with Crippen LogP contribution < -0.4 is 14.5 Å². The lowest BCUT2D eigenvalue weighted by Crippen LogP contribution is -2.42. The summed E-state index contributed by atoms with van der Waals surface area (Å²) in [5.74, 6) is -0.301. The number of aromatic amines is 1. The highest BCUT2D eigenvalue weighted by Crippen LogP contribution is 2.68. The van der Waals surface area contributed by atoms with E-state index in [-0.39, 0.29) is 63.2 Å². The van der Waals surface area contributed by atoms with Crippen molar-refractivity contribution in [2.45, 2.75) is 22.6 Å². The molecule has 2 bridgehead atoms. The molecular formula is C26H22N2O5S2. The van der Waals surface area contributed by atoms with Gasteiger partial charge < -0.3 is 14.8 Å². The van der Waals surface area contributed by atoms with Crippen molar-refractivity contribution in [2.75, 3.05) is 12.0 Å². The minimum atomic E-state index is -0.340. The maximum Gasteiger partial charge on any atom is 0.305 e. The number of amides is 2. The fourth-order valence-electron chi connectivity index (χ4n) is 7.11. The fraction of sp³-hybridized carbons (Fsp3) is 0.346. The molecule has 9 heteroatoms. The summed E-state index contributed by atoms with van der Waals surface area (Å²) in [6, 6.07) is 14.5. The van der Waals surface area contributed by atoms with Crippen LogP contribution in [0.25, 0.3) is 0 Å². The number of carbonyl (C=O) groups is 2. The van der Waals surface area contributed by atoms with E-state index >= 15 is 0 Å². The molecule has 178 valence electrons. The number of thioether (sulfide) groups is 1. The molecule has 7 atom stereocenters. The van der Waals surface area contributed by atoms with Crippen LogP contribution in [0.1, 0.15) is 22.8 Å². The molecule has 2 saturated carbocycles. The minimum absolute atomic E-state index is 0.0443. The van der Waals surface area contributed by atoms with Crippen LogP contribution in [0.5, 0.6) is 11.5 Å². The first-order chi connectivity index (χ1) is 17.0. The molecule has 7 nitrogen and oxygen atoms in total. The molecule has 2 aromatic carbocycles. The van der Waals surface area contributed by atoms with Crippen molar-refractivity contribution in [3.63, 3.8) is 0 Å². The Hall–Kier alpha value is -3.04. The zero-order chi connectivity index (χ0) is 24.0. The monoisotopic (exact) mass is 506 g/mol. The van der Waals surface area contributed by atoms with Gasteiger partial charge in [-0.05, 0) is 54.0 Å². The van der Waals surface area contributed by atoms with E-state index < -0.39 is 0 Å². The first kappa shape index (κ1) is 21.3. The van der Waals surface area contributed by atoms with Crippen LogP contribution in [0, 0.1) is 29.6 Å². The van der Waals surface area contributed by atoms with Crippen LogP contribution in [-0.4, -0.2) is 34.3 Å². The maximum absolute atomic E-state index is 13.7. The summed E-state index contributed by atoms with van der Waals surface area (Å²) in [5.41, 5.74) is 1.59. The van der Waals surface area contributed by atoms with E-state index in [1.165, 1.54) is 23.3 Å². The Balaban J connectivity index is 1.34. The van der Waals surface area contributed by atoms with Gasteiger partial charge in [0.15, 0.2) is 11.5 Å². The Labute approximate surface area is 209 Å². The predicted octanol–water partition coefficient (Wildman–Crippen LogP) is 3.83. The average molecular weight is 507 g/mol. The number of nitrogens with one attached hydrogen (secondary N) is 1. The van der Waals surface area contributed by atoms with Crippen LogP contribution in [-0.2, 0) is 9.59 Å². The van der Waals surface area contributed by atoms with Crippen LogP contribution >= 0.6 is 23.1 Å². The lowest BCUT2D eigenvalue weighted by Gasteiger charge is -2.43. The largest absolute Gasteiger partial charge is 0.504 e. The van der Waals surface area contributed by atoms with Crippen LogP contribution in [0.4, 0.5) is 5.69 Å². The number of para-hydroxylation sites is 1. The number of aromatic hydroxyl groups is 1. The number of carbonyl (C=O) groups excluding carboxylic acids is 2. The number of hydrogen-bond acceptors (Lipinski definition) is 7. The molecule has 2 aliphatic carbocycles. The van der Waals surface area contributed by atoms with Gasteiger partial charge in [0.25, 0.3) is 0 Å². The van der Waals surface area contributed by atoms with E-state index in [0.29, 0.717) is 11.4 Å². The van der Waals surface area contributed by atoms with Crippen LogP contribution in [0.15, 0.2) is 58.4 Å². The molecule has 2 aliphatic heterocycles. The van der Waals surface area contributed by atoms with Crippen LogP contribution in [0.3, 0.4) is 0 Å². The number of imide groups is 1. The summed E-state index contributed by atoms with van der Waals surface area (Å²) in [6.45, 7) is 0. The molecule has 3 heterocycles. The minimum Gasteiger partial charge on any atom is -0.504 e. The zero-order valence-corrected chi connectivity index (χ0v) is 20.3. The van der Waals surface area contributed by atoms with E-state index in [1.807, 2.05) is 42.5 Å². The summed E-state index contributed by atoms with van der Waals surface area (Å²) in [4.78, 5) is 44.9. The number of nitrogens with zero attached hydrogens (tertiary/aromatic N) is 1. The van der Waals surface area contributed by atoms with Crippen molar-refractivity contribution in [3.05, 3.63) is 68.6 Å². The lowest BCUT2D eigenvalue weighted by molar-refractivity contribution is -0.123. The van der Waals surface area contributed by atoms with E-state index in [0.717, 1.165) is 21.9 Å². The number of aromatic nitrogens is 1. The summed E-state index contributed by atoms with van der Waals surface area (Å²) < 4.78 is 5.38. The van der Waals surface area contributed by atoms with Crippen molar-refractivity contribution in [2.24, 2.45) is 29.6 Å². The number of phenols is 1. The third kappa shape index (κ3) is 2.82. The Bertz CT molecular complexity index is 1430. The van der Waals surface area contributed by atoms with Gasteiger partial charge in [0.2, 0.25) is 11.8 Å². The third-order valence-corrected chi connectivity index (χ3v) is 10.9. The van der Waals surface area contributed by atoms with Gasteiger partial charge in [-0.15, -0.1) is 11.8 Å². The van der Waals surface area contributed by atoms with Gasteiger partial charge in [-0.1, -0.05) is 35.6 Å². The Morgan fingerprint density at radius 2 is 1.77 bits per heavy atom. The van der Waals surface area contributed by atoms with Crippen molar-refractivity contribution < 1.29 is 19.4 Å². The second-order valence-corrected chi connectivity index (χ2v) is 11.9. The van der Waals surface area contributed by atoms with Gasteiger partial charge in [0, 0.05) is 16.0 Å². The number of ether oxygens (including phenoxy) is 1. The Kier molecular flexibility index (Phi) is 4.54. The second kappa shape index (κ2) is 7.48. The topological polar surface area (TPSA) is 99.7 Å². The first-order valence-electron chi connectivity index (χ1n) is 11.7. The number of phenolic OH excluding ortho intramolecular Hbond substituents is 1. The fourth-order valence-corrected chi connectivity index (χ4v) is 10.00. The molecule has 3 fully saturated rings. The van der Waals surface area contributed by atoms with E-state index in [1.54, 1.807) is 17.8 Å². The standard InChI is InChI=1S/C26H22N2O5S2/c1-33-16-9-11(7-8-15(16)29)17-18-13-10-14(21(18)34-23-22(17)35-26(32)27-23)20-19(13)24(30)28(25(20)31)12-5-3-2-4-6-12/h2-9,13-14,17-21,29H,10H2,1H3,(H,27,32)/t13-,14+,17+,18+,19+,20+,21+/m0/s1. The quantitative estimate of drug-likeness (QED) is 0.524. The van der Waals surface area contributed by atoms with Gasteiger partial charge in [0.1, 0.15) is 0 Å². The number of H-pyrrole nitrogens is 1. The molecule has 7 rings (SSSR count). The van der Waals surface area contributed by atoms with E-state index in [9.17, 15) is 19.5 Å².